The van der Waals surface area contributed by atoms with E-state index in [0.29, 0.717) is 5.75 Å². The summed E-state index contributed by atoms with van der Waals surface area (Å²) in [6.07, 6.45) is 3.24. The molecule has 100 valence electrons. The number of hydrogen-bond acceptors (Lipinski definition) is 5. The number of esters is 1. The molecule has 0 bridgehead atoms. The summed E-state index contributed by atoms with van der Waals surface area (Å²) >= 11 is 0. The van der Waals surface area contributed by atoms with Gasteiger partial charge in [-0.3, -0.25) is 9.97 Å². The Bertz CT molecular complexity index is 591. The number of nitrogens with zero attached hydrogens (tertiary/aromatic N) is 2. The molecule has 19 heavy (non-hydrogen) atoms. The average Bonchev–Trinajstić information content (AvgIpc) is 2.34. The molecule has 0 amide bonds. The number of aromatic nitrogens is 2. The molecule has 0 N–H and O–H groups in total. The Morgan fingerprint density at radius 1 is 1.16 bits per heavy atom. The number of hydrogen-bond donors (Lipinski definition) is 0. The molecule has 5 heteroatoms. The topological polar surface area (TPSA) is 61.3 Å². The van der Waals surface area contributed by atoms with E-state index in [4.69, 9.17) is 9.47 Å². The summed E-state index contributed by atoms with van der Waals surface area (Å²) in [6, 6.07) is 5.29. The summed E-state index contributed by atoms with van der Waals surface area (Å²) in [5.74, 6) is 0.172. The van der Waals surface area contributed by atoms with E-state index < -0.39 is 11.6 Å². The third kappa shape index (κ3) is 3.91. The van der Waals surface area contributed by atoms with Crippen LogP contribution in [0.3, 0.4) is 0 Å². The van der Waals surface area contributed by atoms with Gasteiger partial charge in [-0.05, 0) is 32.9 Å². The smallest absolute Gasteiger partial charge is 0.344 e. The van der Waals surface area contributed by atoms with Crippen molar-refractivity contribution < 1.29 is 14.3 Å². The fourth-order valence-corrected chi connectivity index (χ4v) is 1.55. The van der Waals surface area contributed by atoms with E-state index >= 15 is 0 Å². The predicted molar refractivity (Wildman–Crippen MR) is 70.9 cm³/mol. The van der Waals surface area contributed by atoms with Gasteiger partial charge in [0.05, 0.1) is 11.0 Å². The highest BCUT2D eigenvalue weighted by Crippen LogP contribution is 2.17. The lowest BCUT2D eigenvalue weighted by Crippen LogP contribution is -2.27. The summed E-state index contributed by atoms with van der Waals surface area (Å²) in [6.45, 7) is 5.33. The lowest BCUT2D eigenvalue weighted by Gasteiger charge is -2.19. The molecule has 1 aromatic carbocycles. The Hall–Kier alpha value is -2.17. The van der Waals surface area contributed by atoms with Crippen LogP contribution in [0.4, 0.5) is 0 Å². The molecule has 0 radical (unpaired) electrons. The standard InChI is InChI=1S/C14H16N2O3/c1-14(2,3)19-13(17)9-18-10-4-5-11-12(8-10)16-7-6-15-11/h4-8H,9H2,1-3H3. The molecule has 2 aromatic rings. The van der Waals surface area contributed by atoms with Crippen LogP contribution >= 0.6 is 0 Å². The van der Waals surface area contributed by atoms with Crippen LogP contribution in [-0.2, 0) is 9.53 Å². The van der Waals surface area contributed by atoms with Gasteiger partial charge in [0.15, 0.2) is 6.61 Å². The second-order valence-corrected chi connectivity index (χ2v) is 5.08. The van der Waals surface area contributed by atoms with E-state index in [-0.39, 0.29) is 6.61 Å². The summed E-state index contributed by atoms with van der Waals surface area (Å²) in [4.78, 5) is 19.8. The molecule has 1 aromatic heterocycles. The molecular formula is C14H16N2O3. The molecule has 0 unspecified atom stereocenters. The molecule has 0 saturated heterocycles. The van der Waals surface area contributed by atoms with Crippen LogP contribution in [0.5, 0.6) is 5.75 Å². The number of benzene rings is 1. The maximum Gasteiger partial charge on any atom is 0.344 e. The molecule has 0 saturated carbocycles. The molecule has 0 aliphatic heterocycles. The third-order valence-electron chi connectivity index (χ3n) is 2.22. The average molecular weight is 260 g/mol. The van der Waals surface area contributed by atoms with Crippen LogP contribution in [0.1, 0.15) is 20.8 Å². The molecule has 0 spiro atoms. The van der Waals surface area contributed by atoms with Gasteiger partial charge < -0.3 is 9.47 Å². The van der Waals surface area contributed by atoms with E-state index in [1.807, 2.05) is 20.8 Å². The summed E-state index contributed by atoms with van der Waals surface area (Å²) < 4.78 is 10.5. The van der Waals surface area contributed by atoms with Crippen molar-refractivity contribution in [3.8, 4) is 5.75 Å². The predicted octanol–water partition coefficient (Wildman–Crippen LogP) is 2.35. The third-order valence-corrected chi connectivity index (χ3v) is 2.22. The van der Waals surface area contributed by atoms with Gasteiger partial charge in [0.25, 0.3) is 0 Å². The van der Waals surface area contributed by atoms with Gasteiger partial charge in [0.2, 0.25) is 0 Å². The number of carbonyl (C=O) groups excluding carboxylic acids is 1. The van der Waals surface area contributed by atoms with Gasteiger partial charge in [-0.1, -0.05) is 0 Å². The zero-order valence-electron chi connectivity index (χ0n) is 11.2. The van der Waals surface area contributed by atoms with Crippen molar-refractivity contribution in [2.24, 2.45) is 0 Å². The van der Waals surface area contributed by atoms with Gasteiger partial charge in [-0.15, -0.1) is 0 Å². The van der Waals surface area contributed by atoms with Crippen molar-refractivity contribution in [1.82, 2.24) is 9.97 Å². The normalized spacial score (nSPS) is 11.3. The van der Waals surface area contributed by atoms with Crippen LogP contribution in [0.15, 0.2) is 30.6 Å². The van der Waals surface area contributed by atoms with Gasteiger partial charge in [-0.2, -0.15) is 0 Å². The molecule has 5 nitrogen and oxygen atoms in total. The number of fused-ring (bicyclic) bond motifs is 1. The Morgan fingerprint density at radius 2 is 1.84 bits per heavy atom. The Kier molecular flexibility index (Phi) is 3.64. The second-order valence-electron chi connectivity index (χ2n) is 5.08. The zero-order valence-corrected chi connectivity index (χ0v) is 11.2. The first kappa shape index (κ1) is 13.3. The van der Waals surface area contributed by atoms with Crippen LogP contribution in [0.2, 0.25) is 0 Å². The molecule has 0 fully saturated rings. The van der Waals surface area contributed by atoms with Crippen molar-refractivity contribution in [2.75, 3.05) is 6.61 Å². The van der Waals surface area contributed by atoms with Gasteiger partial charge in [0, 0.05) is 18.5 Å². The van der Waals surface area contributed by atoms with Crippen molar-refractivity contribution in [1.29, 1.82) is 0 Å². The van der Waals surface area contributed by atoms with Gasteiger partial charge >= 0.3 is 5.97 Å². The van der Waals surface area contributed by atoms with E-state index in [2.05, 4.69) is 9.97 Å². The lowest BCUT2D eigenvalue weighted by atomic mass is 10.2. The largest absolute Gasteiger partial charge is 0.482 e. The first-order chi connectivity index (χ1) is 8.94. The van der Waals surface area contributed by atoms with Crippen molar-refractivity contribution in [2.45, 2.75) is 26.4 Å². The maximum absolute atomic E-state index is 11.5. The van der Waals surface area contributed by atoms with Crippen LogP contribution in [0.25, 0.3) is 11.0 Å². The lowest BCUT2D eigenvalue weighted by molar-refractivity contribution is -0.157. The molecule has 1 heterocycles. The number of ether oxygens (including phenoxy) is 2. The van der Waals surface area contributed by atoms with Crippen molar-refractivity contribution in [3.63, 3.8) is 0 Å². The van der Waals surface area contributed by atoms with Crippen molar-refractivity contribution in [3.05, 3.63) is 30.6 Å². The van der Waals surface area contributed by atoms with Gasteiger partial charge in [0.1, 0.15) is 11.4 Å². The van der Waals surface area contributed by atoms with E-state index in [1.54, 1.807) is 30.6 Å². The highest BCUT2D eigenvalue weighted by molar-refractivity contribution is 5.76. The number of rotatable bonds is 3. The minimum absolute atomic E-state index is 0.122. The molecule has 2 rings (SSSR count). The molecular weight excluding hydrogens is 244 g/mol. The Balaban J connectivity index is 2.00. The fourth-order valence-electron chi connectivity index (χ4n) is 1.55. The first-order valence-corrected chi connectivity index (χ1v) is 5.99. The summed E-state index contributed by atoms with van der Waals surface area (Å²) in [7, 11) is 0. The van der Waals surface area contributed by atoms with Gasteiger partial charge in [-0.25, -0.2) is 4.79 Å². The van der Waals surface area contributed by atoms with E-state index in [0.717, 1.165) is 11.0 Å². The Morgan fingerprint density at radius 3 is 2.53 bits per heavy atom. The zero-order chi connectivity index (χ0) is 13.9. The highest BCUT2D eigenvalue weighted by Gasteiger charge is 2.16. The summed E-state index contributed by atoms with van der Waals surface area (Å²) in [5.41, 5.74) is 1.01. The summed E-state index contributed by atoms with van der Waals surface area (Å²) in [5, 5.41) is 0. The Labute approximate surface area is 111 Å². The van der Waals surface area contributed by atoms with Crippen LogP contribution in [-0.4, -0.2) is 28.1 Å². The maximum atomic E-state index is 11.5. The quantitative estimate of drug-likeness (QED) is 0.793. The molecule has 0 aliphatic rings. The number of carbonyl (C=O) groups is 1. The SMILES string of the molecule is CC(C)(C)OC(=O)COc1ccc2nccnc2c1. The fraction of sp³-hybridized carbons (Fsp3) is 0.357. The molecule has 0 atom stereocenters. The second kappa shape index (κ2) is 5.22. The molecule has 0 aliphatic carbocycles. The monoisotopic (exact) mass is 260 g/mol. The minimum atomic E-state index is -0.505. The minimum Gasteiger partial charge on any atom is -0.482 e. The van der Waals surface area contributed by atoms with E-state index in [9.17, 15) is 4.79 Å². The highest BCUT2D eigenvalue weighted by atomic mass is 16.6. The first-order valence-electron chi connectivity index (χ1n) is 5.99. The van der Waals surface area contributed by atoms with E-state index in [1.165, 1.54) is 0 Å². The van der Waals surface area contributed by atoms with Crippen molar-refractivity contribution >= 4 is 17.0 Å². The van der Waals surface area contributed by atoms with Crippen LogP contribution in [0, 0.1) is 0 Å². The van der Waals surface area contributed by atoms with Crippen LogP contribution < -0.4 is 4.74 Å².